The van der Waals surface area contributed by atoms with E-state index in [1.807, 2.05) is 13.8 Å². The first kappa shape index (κ1) is 66.6. The number of nitrogens with zero attached hydrogens (tertiary/aromatic N) is 1. The molecule has 0 radical (unpaired) electrons. The van der Waals surface area contributed by atoms with Crippen LogP contribution in [0.2, 0.25) is 0 Å². The highest BCUT2D eigenvalue weighted by atomic mass is 32.1. The summed E-state index contributed by atoms with van der Waals surface area (Å²) in [5.74, 6) is -9.06. The predicted molar refractivity (Wildman–Crippen MR) is 289 cm³/mol. The second-order valence-electron chi connectivity index (χ2n) is 19.1. The Morgan fingerprint density at radius 2 is 1.25 bits per heavy atom. The lowest BCUT2D eigenvalue weighted by atomic mass is 9.97. The van der Waals surface area contributed by atoms with E-state index in [1.165, 1.54) is 38.1 Å². The highest BCUT2D eigenvalue weighted by Gasteiger charge is 2.46. The molecule has 1 saturated heterocycles. The average Bonchev–Trinajstić information content (AvgIpc) is 3.46. The lowest BCUT2D eigenvalue weighted by Crippen LogP contribution is -2.65. The highest BCUT2D eigenvalue weighted by Crippen LogP contribution is 2.23. The lowest BCUT2D eigenvalue weighted by Gasteiger charge is -2.42. The number of rotatable bonds is 32. The predicted octanol–water partition coefficient (Wildman–Crippen LogP) is -6.19. The molecule has 1 heterocycles. The summed E-state index contributed by atoms with van der Waals surface area (Å²) in [5, 5.41) is 63.0. The number of primary amides is 1. The van der Waals surface area contributed by atoms with Crippen LogP contribution in [0.15, 0.2) is 59.6 Å². The number of aliphatic hydroxyl groups excluding tert-OH is 3. The van der Waals surface area contributed by atoms with Crippen LogP contribution < -0.4 is 65.1 Å². The number of aliphatic hydroxyl groups is 3. The van der Waals surface area contributed by atoms with E-state index in [4.69, 9.17) is 26.7 Å². The molecule has 2 aromatic rings. The van der Waals surface area contributed by atoms with Crippen molar-refractivity contribution in [2.75, 3.05) is 38.6 Å². The highest BCUT2D eigenvalue weighted by molar-refractivity contribution is 7.81. The Labute approximate surface area is 466 Å². The van der Waals surface area contributed by atoms with Crippen LogP contribution >= 0.6 is 12.6 Å². The number of hydrogen-bond acceptors (Lipinski definition) is 18. The molecule has 11 atom stereocenters. The van der Waals surface area contributed by atoms with Crippen molar-refractivity contribution < 1.29 is 77.8 Å². The van der Waals surface area contributed by atoms with Crippen molar-refractivity contribution >= 4 is 77.7 Å². The molecule has 442 valence electrons. The molecule has 0 unspecified atom stereocenters. The Hall–Kier alpha value is -7.64. The zero-order valence-electron chi connectivity index (χ0n) is 44.7. The van der Waals surface area contributed by atoms with Crippen molar-refractivity contribution in [2.45, 2.75) is 127 Å². The van der Waals surface area contributed by atoms with E-state index in [9.17, 15) is 68.4 Å². The van der Waals surface area contributed by atoms with E-state index < -0.39 is 152 Å². The molecule has 0 aromatic heterocycles. The van der Waals surface area contributed by atoms with Gasteiger partial charge in [-0.1, -0.05) is 56.3 Å². The molecular formula is C50H75N13O16S. The molecule has 29 nitrogen and oxygen atoms in total. The van der Waals surface area contributed by atoms with E-state index >= 15 is 0 Å². The van der Waals surface area contributed by atoms with Crippen LogP contribution in [-0.2, 0) is 70.3 Å². The zero-order chi connectivity index (χ0) is 59.6. The van der Waals surface area contributed by atoms with Crippen molar-refractivity contribution in [1.82, 2.24) is 47.9 Å². The fraction of sp³-hybridized carbons (Fsp3) is 0.540. The van der Waals surface area contributed by atoms with Crippen molar-refractivity contribution in [2.24, 2.45) is 28.1 Å². The maximum absolute atomic E-state index is 14.0. The van der Waals surface area contributed by atoms with Crippen LogP contribution in [-0.4, -0.2) is 191 Å². The minimum Gasteiger partial charge on any atom is -0.508 e. The average molecular weight is 1150 g/mol. The molecule has 0 aliphatic carbocycles. The lowest BCUT2D eigenvalue weighted by molar-refractivity contribution is -0.270. The molecule has 1 aliphatic rings. The van der Waals surface area contributed by atoms with E-state index in [0.717, 1.165) is 0 Å². The molecule has 3 rings (SSSR count). The summed E-state index contributed by atoms with van der Waals surface area (Å²) in [6.07, 6.45) is -6.41. The minimum atomic E-state index is -1.76. The molecule has 1 aliphatic heterocycles. The molecule has 2 aromatic carbocycles. The van der Waals surface area contributed by atoms with Crippen LogP contribution in [0.5, 0.6) is 5.75 Å². The Morgan fingerprint density at radius 1 is 0.675 bits per heavy atom. The third-order valence-electron chi connectivity index (χ3n) is 12.0. The number of aromatic hydroxyl groups is 1. The van der Waals surface area contributed by atoms with Gasteiger partial charge in [0.2, 0.25) is 59.1 Å². The fourth-order valence-electron chi connectivity index (χ4n) is 7.86. The normalized spacial score (nSPS) is 18.9. The van der Waals surface area contributed by atoms with Gasteiger partial charge in [0.1, 0.15) is 66.4 Å². The first-order chi connectivity index (χ1) is 37.8. The molecule has 80 heavy (non-hydrogen) atoms. The number of phenols is 1. The summed E-state index contributed by atoms with van der Waals surface area (Å²) in [7, 11) is 0. The minimum absolute atomic E-state index is 0.0366. The third-order valence-corrected chi connectivity index (χ3v) is 12.3. The Balaban J connectivity index is 1.73. The number of aliphatic imine (C=N–C) groups is 1. The van der Waals surface area contributed by atoms with Gasteiger partial charge in [0.25, 0.3) is 0 Å². The largest absolute Gasteiger partial charge is 0.508 e. The second kappa shape index (κ2) is 33.7. The summed E-state index contributed by atoms with van der Waals surface area (Å²) in [4.78, 5) is 135. The first-order valence-corrected chi connectivity index (χ1v) is 26.1. The molecule has 0 spiro atoms. The first-order valence-electron chi connectivity index (χ1n) is 25.4. The number of ether oxygens (including phenoxy) is 2. The van der Waals surface area contributed by atoms with E-state index in [1.54, 1.807) is 30.3 Å². The number of thiol groups is 1. The van der Waals surface area contributed by atoms with Gasteiger partial charge in [-0.05, 0) is 55.4 Å². The Bertz CT molecular complexity index is 2450. The van der Waals surface area contributed by atoms with Crippen LogP contribution in [0.4, 0.5) is 0 Å². The zero-order valence-corrected chi connectivity index (χ0v) is 45.6. The number of benzene rings is 2. The smallest absolute Gasteiger partial charge is 0.245 e. The van der Waals surface area contributed by atoms with Crippen molar-refractivity contribution in [3.63, 3.8) is 0 Å². The van der Waals surface area contributed by atoms with Crippen molar-refractivity contribution in [3.8, 4) is 5.75 Å². The van der Waals surface area contributed by atoms with E-state index in [-0.39, 0.29) is 62.0 Å². The summed E-state index contributed by atoms with van der Waals surface area (Å²) in [6, 6.07) is 4.72. The number of carbonyl (C=O) groups is 10. The van der Waals surface area contributed by atoms with Crippen LogP contribution in [0.3, 0.4) is 0 Å². The number of nitrogens with two attached hydrogens (primary N) is 3. The van der Waals surface area contributed by atoms with Crippen molar-refractivity contribution in [1.29, 1.82) is 0 Å². The Kier molecular flexibility index (Phi) is 28.1. The van der Waals surface area contributed by atoms with Gasteiger partial charge in [-0.15, -0.1) is 0 Å². The molecule has 10 amide bonds. The molecule has 0 bridgehead atoms. The summed E-state index contributed by atoms with van der Waals surface area (Å²) in [5.41, 5.74) is 17.7. The quantitative estimate of drug-likeness (QED) is 0.0140. The van der Waals surface area contributed by atoms with Gasteiger partial charge in [-0.2, -0.15) is 12.6 Å². The molecule has 1 fully saturated rings. The number of amides is 10. The second-order valence-corrected chi connectivity index (χ2v) is 19.4. The van der Waals surface area contributed by atoms with Gasteiger partial charge < -0.3 is 95.0 Å². The molecule has 0 saturated carbocycles. The van der Waals surface area contributed by atoms with Crippen LogP contribution in [0, 0.1) is 5.92 Å². The van der Waals surface area contributed by atoms with E-state index in [2.05, 4.69) is 65.5 Å². The monoisotopic (exact) mass is 1150 g/mol. The van der Waals surface area contributed by atoms with Gasteiger partial charge >= 0.3 is 0 Å². The Morgan fingerprint density at radius 3 is 1.85 bits per heavy atom. The SMILES string of the molecule is CC(=O)N[C@@H](CC(C)C)C(=O)N[C@@H](Cc1ccc(O)cc1)C(=O)N[C@@H](CCCN=C(N)N)C(=O)N[C@@H](C)C(=O)NCC(=O)NCC(=O)N[C@@H](CO[C@@H]1O[C@H](CO)[C@@H](O)[C@H](O)[C@H]1NC(=O)CS)C(=O)N[C@@H](Cc1ccccc1)C(N)=O. The van der Waals surface area contributed by atoms with Gasteiger partial charge in [0.05, 0.1) is 32.1 Å². The standard InChI is InChI=1S/C50H75N13O16S/c1-25(2)17-33(58-27(4)65)46(75)62-34(19-29-12-14-30(66)15-13-29)47(76)60-31(11-8-16-54-50(52)53)45(74)57-26(3)44(73)56-20-37(67)55-21-38(68)59-35(48(77)61-32(43(51)72)18-28-9-6-5-7-10-28)23-78-49-40(63-39(69)24-80)42(71)41(70)36(22-64)79-49/h5-7,9-10,12-15,25-26,31-36,40-42,49,64,66,70-71,80H,8,11,16-24H2,1-4H3,(H2,51,72)(H,55,67)(H,56,73)(H,57,74)(H,58,65)(H,59,68)(H,60,76)(H,61,77)(H,62,75)(H,63,69)(H4,52,53,54)/t26-,31-,32-,33-,34-,35-,36+,40+,41+,42+,49+/m0/s1. The van der Waals surface area contributed by atoms with Gasteiger partial charge in [-0.25, -0.2) is 0 Å². The topological polar surface area (TPSA) is 469 Å². The number of nitrogens with one attached hydrogen (secondary N) is 9. The number of carbonyl (C=O) groups excluding carboxylic acids is 10. The summed E-state index contributed by atoms with van der Waals surface area (Å²) < 4.78 is 11.3. The van der Waals surface area contributed by atoms with Crippen LogP contribution in [0.25, 0.3) is 0 Å². The number of phenolic OH excluding ortho intramolecular Hbond substituents is 1. The molecular weight excluding hydrogens is 1070 g/mol. The molecule has 19 N–H and O–H groups in total. The number of guanidine groups is 1. The number of hydrogen-bond donors (Lipinski definition) is 17. The maximum Gasteiger partial charge on any atom is 0.245 e. The molecule has 30 heteroatoms. The van der Waals surface area contributed by atoms with E-state index in [0.29, 0.717) is 11.1 Å². The van der Waals surface area contributed by atoms with Gasteiger partial charge in [-0.3, -0.25) is 52.9 Å². The summed E-state index contributed by atoms with van der Waals surface area (Å²) >= 11 is 3.89. The summed E-state index contributed by atoms with van der Waals surface area (Å²) in [6.45, 7) is 3.07. The van der Waals surface area contributed by atoms with Gasteiger partial charge in [0.15, 0.2) is 12.2 Å². The third kappa shape index (κ3) is 23.4. The van der Waals surface area contributed by atoms with Gasteiger partial charge in [0, 0.05) is 26.3 Å². The fourth-order valence-corrected chi connectivity index (χ4v) is 7.95. The maximum atomic E-state index is 14.0. The van der Waals surface area contributed by atoms with Crippen molar-refractivity contribution in [3.05, 3.63) is 65.7 Å². The van der Waals surface area contributed by atoms with Crippen LogP contribution in [0.1, 0.15) is 58.1 Å².